The molecule has 0 spiro atoms. The predicted octanol–water partition coefficient (Wildman–Crippen LogP) is 4.54. The molecule has 0 bridgehead atoms. The van der Waals surface area contributed by atoms with Crippen molar-refractivity contribution in [2.45, 2.75) is 26.1 Å². The SMILES string of the molecule is CCN(CC)c1ccc(C2NN=C(c3ccc(C)cc3)S2)cc1. The number of hydrazone groups is 1. The standard InChI is InChI=1S/C19H23N3S/c1-4-22(5-2)17-12-10-16(11-13-17)19-21-20-18(23-19)15-8-6-14(3)7-9-15/h6-13,19,21H,4-5H2,1-3H3. The molecule has 0 saturated carbocycles. The summed E-state index contributed by atoms with van der Waals surface area (Å²) in [5, 5.41) is 5.75. The summed E-state index contributed by atoms with van der Waals surface area (Å²) in [5.41, 5.74) is 8.24. The molecule has 0 fully saturated rings. The maximum atomic E-state index is 4.50. The minimum atomic E-state index is 0.192. The van der Waals surface area contributed by atoms with Crippen molar-refractivity contribution in [3.8, 4) is 0 Å². The average Bonchev–Trinajstić information content (AvgIpc) is 3.07. The van der Waals surface area contributed by atoms with Crippen molar-refractivity contribution in [3.05, 3.63) is 65.2 Å². The highest BCUT2D eigenvalue weighted by molar-refractivity contribution is 8.14. The van der Waals surface area contributed by atoms with Gasteiger partial charge in [0.05, 0.1) is 0 Å². The third-order valence-electron chi connectivity index (χ3n) is 4.14. The molecule has 1 heterocycles. The third kappa shape index (κ3) is 3.53. The lowest BCUT2D eigenvalue weighted by atomic mass is 10.2. The summed E-state index contributed by atoms with van der Waals surface area (Å²) in [6.07, 6.45) is 0. The van der Waals surface area contributed by atoms with Crippen LogP contribution in [0.5, 0.6) is 0 Å². The predicted molar refractivity (Wildman–Crippen MR) is 101 cm³/mol. The Hall–Kier alpha value is -1.94. The van der Waals surface area contributed by atoms with Gasteiger partial charge in [-0.2, -0.15) is 5.10 Å². The zero-order chi connectivity index (χ0) is 16.2. The van der Waals surface area contributed by atoms with Crippen LogP contribution >= 0.6 is 11.8 Å². The maximum absolute atomic E-state index is 4.50. The fraction of sp³-hybridized carbons (Fsp3) is 0.316. The number of nitrogens with zero attached hydrogens (tertiary/aromatic N) is 2. The summed E-state index contributed by atoms with van der Waals surface area (Å²) in [6, 6.07) is 17.3. The molecule has 1 unspecified atom stereocenters. The number of aryl methyl sites for hydroxylation is 1. The van der Waals surface area contributed by atoms with Crippen LogP contribution in [0.2, 0.25) is 0 Å². The Labute approximate surface area is 142 Å². The van der Waals surface area contributed by atoms with Gasteiger partial charge in [0.25, 0.3) is 0 Å². The fourth-order valence-electron chi connectivity index (χ4n) is 2.70. The van der Waals surface area contributed by atoms with Crippen LogP contribution in [-0.4, -0.2) is 18.1 Å². The van der Waals surface area contributed by atoms with Crippen LogP contribution < -0.4 is 10.3 Å². The smallest absolute Gasteiger partial charge is 0.126 e. The minimum Gasteiger partial charge on any atom is -0.372 e. The van der Waals surface area contributed by atoms with E-state index in [1.54, 1.807) is 11.8 Å². The Balaban J connectivity index is 1.69. The lowest BCUT2D eigenvalue weighted by molar-refractivity contribution is 0.743. The van der Waals surface area contributed by atoms with E-state index in [4.69, 9.17) is 0 Å². The number of nitrogens with one attached hydrogen (secondary N) is 1. The van der Waals surface area contributed by atoms with Crippen LogP contribution in [0.3, 0.4) is 0 Å². The summed E-state index contributed by atoms with van der Waals surface area (Å²) >= 11 is 1.77. The molecular formula is C19H23N3S. The number of benzene rings is 2. The monoisotopic (exact) mass is 325 g/mol. The van der Waals surface area contributed by atoms with E-state index in [0.29, 0.717) is 0 Å². The van der Waals surface area contributed by atoms with Gasteiger partial charge in [0, 0.05) is 24.3 Å². The molecule has 0 aliphatic carbocycles. The first-order valence-electron chi connectivity index (χ1n) is 8.13. The van der Waals surface area contributed by atoms with Crippen LogP contribution in [0.1, 0.15) is 35.9 Å². The lowest BCUT2D eigenvalue weighted by Crippen LogP contribution is -2.21. The summed E-state index contributed by atoms with van der Waals surface area (Å²) in [6.45, 7) is 8.55. The zero-order valence-electron chi connectivity index (χ0n) is 13.9. The number of hydrogen-bond donors (Lipinski definition) is 1. The Morgan fingerprint density at radius 1 is 1.00 bits per heavy atom. The van der Waals surface area contributed by atoms with Crippen molar-refractivity contribution < 1.29 is 0 Å². The maximum Gasteiger partial charge on any atom is 0.126 e. The van der Waals surface area contributed by atoms with Crippen molar-refractivity contribution in [2.75, 3.05) is 18.0 Å². The Bertz CT molecular complexity index is 673. The highest BCUT2D eigenvalue weighted by Gasteiger charge is 2.22. The van der Waals surface area contributed by atoms with Gasteiger partial charge in [-0.05, 0) is 38.5 Å². The molecule has 1 aliphatic heterocycles. The van der Waals surface area contributed by atoms with Gasteiger partial charge in [-0.25, -0.2) is 0 Å². The van der Waals surface area contributed by atoms with Crippen molar-refractivity contribution >= 4 is 22.5 Å². The fourth-order valence-corrected chi connectivity index (χ4v) is 3.70. The molecule has 0 aromatic heterocycles. The summed E-state index contributed by atoms with van der Waals surface area (Å²) < 4.78 is 0. The van der Waals surface area contributed by atoms with Gasteiger partial charge in [-0.1, -0.05) is 53.7 Å². The van der Waals surface area contributed by atoms with E-state index >= 15 is 0 Å². The minimum absolute atomic E-state index is 0.192. The van der Waals surface area contributed by atoms with Gasteiger partial charge in [0.15, 0.2) is 0 Å². The molecule has 3 rings (SSSR count). The van der Waals surface area contributed by atoms with Crippen molar-refractivity contribution in [1.29, 1.82) is 0 Å². The van der Waals surface area contributed by atoms with Gasteiger partial charge >= 0.3 is 0 Å². The van der Waals surface area contributed by atoms with Crippen LogP contribution in [0.4, 0.5) is 5.69 Å². The van der Waals surface area contributed by atoms with Crippen LogP contribution in [0.25, 0.3) is 0 Å². The molecule has 4 heteroatoms. The normalized spacial score (nSPS) is 16.8. The molecule has 3 nitrogen and oxygen atoms in total. The molecule has 0 saturated heterocycles. The second-order valence-corrected chi connectivity index (χ2v) is 6.77. The molecule has 2 aromatic carbocycles. The molecule has 0 radical (unpaired) electrons. The van der Waals surface area contributed by atoms with Crippen molar-refractivity contribution in [1.82, 2.24) is 5.43 Å². The molecule has 1 atom stereocenters. The van der Waals surface area contributed by atoms with Crippen LogP contribution in [-0.2, 0) is 0 Å². The van der Waals surface area contributed by atoms with E-state index in [0.717, 1.165) is 18.1 Å². The second-order valence-electron chi connectivity index (χ2n) is 5.67. The largest absolute Gasteiger partial charge is 0.372 e. The van der Waals surface area contributed by atoms with Gasteiger partial charge in [0.2, 0.25) is 0 Å². The van der Waals surface area contributed by atoms with Gasteiger partial charge in [0.1, 0.15) is 10.4 Å². The van der Waals surface area contributed by atoms with Gasteiger partial charge in [-0.3, -0.25) is 5.43 Å². The summed E-state index contributed by atoms with van der Waals surface area (Å²) in [7, 11) is 0. The van der Waals surface area contributed by atoms with Crippen molar-refractivity contribution in [2.24, 2.45) is 5.10 Å². The first-order valence-corrected chi connectivity index (χ1v) is 9.01. The molecule has 120 valence electrons. The topological polar surface area (TPSA) is 27.6 Å². The lowest BCUT2D eigenvalue weighted by Gasteiger charge is -2.21. The molecule has 1 N–H and O–H groups in total. The van der Waals surface area contributed by atoms with Gasteiger partial charge in [-0.15, -0.1) is 0 Å². The van der Waals surface area contributed by atoms with E-state index in [1.807, 2.05) is 0 Å². The first-order chi connectivity index (χ1) is 11.2. The molecular weight excluding hydrogens is 302 g/mol. The third-order valence-corrected chi connectivity index (χ3v) is 5.30. The highest BCUT2D eigenvalue weighted by Crippen LogP contribution is 2.34. The number of hydrogen-bond acceptors (Lipinski definition) is 4. The van der Waals surface area contributed by atoms with E-state index < -0.39 is 0 Å². The van der Waals surface area contributed by atoms with Crippen molar-refractivity contribution in [3.63, 3.8) is 0 Å². The van der Waals surface area contributed by atoms with Gasteiger partial charge < -0.3 is 4.90 Å². The summed E-state index contributed by atoms with van der Waals surface area (Å²) in [5.74, 6) is 0. The van der Waals surface area contributed by atoms with Crippen LogP contribution in [0.15, 0.2) is 53.6 Å². The molecule has 23 heavy (non-hydrogen) atoms. The molecule has 0 amide bonds. The Morgan fingerprint density at radius 2 is 1.65 bits per heavy atom. The number of thioether (sulfide) groups is 1. The number of rotatable bonds is 5. The first kappa shape index (κ1) is 15.9. The van der Waals surface area contributed by atoms with E-state index in [2.05, 4.69) is 84.7 Å². The Kier molecular flexibility index (Phi) is 4.91. The molecule has 2 aromatic rings. The highest BCUT2D eigenvalue weighted by atomic mass is 32.2. The second kappa shape index (κ2) is 7.09. The quantitative estimate of drug-likeness (QED) is 0.874. The Morgan fingerprint density at radius 3 is 2.26 bits per heavy atom. The van der Waals surface area contributed by atoms with Crippen LogP contribution in [0, 0.1) is 6.92 Å². The van der Waals surface area contributed by atoms with E-state index in [-0.39, 0.29) is 5.37 Å². The average molecular weight is 325 g/mol. The number of anilines is 1. The van der Waals surface area contributed by atoms with E-state index in [9.17, 15) is 0 Å². The summed E-state index contributed by atoms with van der Waals surface area (Å²) in [4.78, 5) is 2.35. The molecule has 1 aliphatic rings. The van der Waals surface area contributed by atoms with E-state index in [1.165, 1.54) is 22.4 Å². The zero-order valence-corrected chi connectivity index (χ0v) is 14.7.